The van der Waals surface area contributed by atoms with E-state index >= 15 is 0 Å². The maximum absolute atomic E-state index is 12.5. The summed E-state index contributed by atoms with van der Waals surface area (Å²) in [5, 5.41) is 5.80. The number of nitrogens with one attached hydrogen (secondary N) is 2. The number of amides is 2. The minimum Gasteiger partial charge on any atom is -0.465 e. The Morgan fingerprint density at radius 1 is 1.44 bits per heavy atom. The van der Waals surface area contributed by atoms with E-state index in [1.807, 2.05) is 13.8 Å². The molecule has 142 valence electrons. The zero-order valence-electron chi connectivity index (χ0n) is 15.1. The van der Waals surface area contributed by atoms with Gasteiger partial charge in [-0.15, -0.1) is 0 Å². The van der Waals surface area contributed by atoms with Crippen molar-refractivity contribution in [3.8, 4) is 0 Å². The number of esters is 1. The number of ether oxygens (including phenoxy) is 2. The lowest BCUT2D eigenvalue weighted by molar-refractivity contribution is -0.152. The summed E-state index contributed by atoms with van der Waals surface area (Å²) < 4.78 is 10.6. The van der Waals surface area contributed by atoms with E-state index in [0.29, 0.717) is 26.2 Å². The van der Waals surface area contributed by atoms with Gasteiger partial charge in [0.05, 0.1) is 25.7 Å². The van der Waals surface area contributed by atoms with Crippen LogP contribution >= 0.6 is 0 Å². The highest BCUT2D eigenvalue weighted by Gasteiger charge is 2.35. The predicted octanol–water partition coefficient (Wildman–Crippen LogP) is -0.329. The van der Waals surface area contributed by atoms with Crippen LogP contribution in [0.5, 0.6) is 0 Å². The van der Waals surface area contributed by atoms with Gasteiger partial charge in [0.2, 0.25) is 11.8 Å². The zero-order chi connectivity index (χ0) is 18.2. The van der Waals surface area contributed by atoms with Crippen LogP contribution in [0.15, 0.2) is 0 Å². The largest absolute Gasteiger partial charge is 0.465 e. The second-order valence-corrected chi connectivity index (χ2v) is 6.94. The van der Waals surface area contributed by atoms with Gasteiger partial charge in [-0.1, -0.05) is 13.8 Å². The zero-order valence-corrected chi connectivity index (χ0v) is 15.1. The Balaban J connectivity index is 1.83. The number of nitrogens with zero attached hydrogens (tertiary/aromatic N) is 1. The molecule has 2 saturated heterocycles. The van der Waals surface area contributed by atoms with Crippen molar-refractivity contribution in [2.75, 3.05) is 39.4 Å². The fourth-order valence-corrected chi connectivity index (χ4v) is 2.94. The molecule has 2 amide bonds. The molecule has 8 heteroatoms. The van der Waals surface area contributed by atoms with E-state index in [1.54, 1.807) is 0 Å². The Hall–Kier alpha value is -1.67. The third-order valence-corrected chi connectivity index (χ3v) is 4.26. The molecule has 8 nitrogen and oxygen atoms in total. The second kappa shape index (κ2) is 9.72. The highest BCUT2D eigenvalue weighted by molar-refractivity contribution is 5.92. The molecule has 2 aliphatic heterocycles. The Morgan fingerprint density at radius 3 is 2.92 bits per heavy atom. The van der Waals surface area contributed by atoms with Crippen molar-refractivity contribution in [3.05, 3.63) is 0 Å². The van der Waals surface area contributed by atoms with E-state index in [2.05, 4.69) is 10.6 Å². The van der Waals surface area contributed by atoms with Gasteiger partial charge in [-0.05, 0) is 18.8 Å². The molecule has 0 spiro atoms. The lowest BCUT2D eigenvalue weighted by atomic mass is 10.1. The quantitative estimate of drug-likeness (QED) is 0.579. The molecule has 2 rings (SSSR count). The van der Waals surface area contributed by atoms with E-state index in [9.17, 15) is 14.4 Å². The predicted molar refractivity (Wildman–Crippen MR) is 90.8 cm³/mol. The summed E-state index contributed by atoms with van der Waals surface area (Å²) in [6, 6.07) is -0.801. The molecule has 2 aliphatic rings. The molecule has 2 heterocycles. The first-order chi connectivity index (χ1) is 12.0. The fourth-order valence-electron chi connectivity index (χ4n) is 2.94. The van der Waals surface area contributed by atoms with Crippen LogP contribution in [0.4, 0.5) is 0 Å². The van der Waals surface area contributed by atoms with Crippen molar-refractivity contribution in [1.29, 1.82) is 0 Å². The third-order valence-electron chi connectivity index (χ3n) is 4.26. The van der Waals surface area contributed by atoms with Gasteiger partial charge in [-0.2, -0.15) is 0 Å². The van der Waals surface area contributed by atoms with Gasteiger partial charge in [0.15, 0.2) is 0 Å². The average molecular weight is 355 g/mol. The van der Waals surface area contributed by atoms with Crippen molar-refractivity contribution in [3.63, 3.8) is 0 Å². The van der Waals surface area contributed by atoms with E-state index in [-0.39, 0.29) is 36.8 Å². The maximum Gasteiger partial charge on any atom is 0.308 e. The average Bonchev–Trinajstić information content (AvgIpc) is 3.08. The van der Waals surface area contributed by atoms with Crippen LogP contribution in [0.1, 0.15) is 33.1 Å². The number of hydrogen-bond donors (Lipinski definition) is 2. The molecule has 0 aromatic rings. The summed E-state index contributed by atoms with van der Waals surface area (Å²) in [7, 11) is 0. The lowest BCUT2D eigenvalue weighted by Gasteiger charge is -2.34. The third kappa shape index (κ3) is 6.28. The molecule has 0 aromatic heterocycles. The molecule has 25 heavy (non-hydrogen) atoms. The monoisotopic (exact) mass is 355 g/mol. The molecule has 0 aliphatic carbocycles. The first kappa shape index (κ1) is 19.7. The normalized spacial score (nSPS) is 23.6. The molecule has 2 fully saturated rings. The van der Waals surface area contributed by atoms with Gasteiger partial charge >= 0.3 is 5.97 Å². The molecule has 0 saturated carbocycles. The van der Waals surface area contributed by atoms with Crippen LogP contribution in [-0.2, 0) is 23.9 Å². The van der Waals surface area contributed by atoms with E-state index in [4.69, 9.17) is 9.47 Å². The van der Waals surface area contributed by atoms with Crippen molar-refractivity contribution in [1.82, 2.24) is 15.5 Å². The number of rotatable bonds is 8. The molecule has 2 N–H and O–H groups in total. The summed E-state index contributed by atoms with van der Waals surface area (Å²) in [5.74, 6) is -0.723. The highest BCUT2D eigenvalue weighted by Crippen LogP contribution is 2.12. The van der Waals surface area contributed by atoms with Gasteiger partial charge < -0.3 is 25.0 Å². The molecule has 2 unspecified atom stereocenters. The Labute approximate surface area is 148 Å². The standard InChI is InChI=1S/C17H29N3O5/c1-12(2)11-25-16(22)8-14-17(23)19-5-6-20(14)15(21)10-18-9-13-4-3-7-24-13/h12-14,18H,3-11H2,1-2H3,(H,19,23). The summed E-state index contributed by atoms with van der Waals surface area (Å²) in [6.07, 6.45) is 2.08. The van der Waals surface area contributed by atoms with Crippen LogP contribution in [0.2, 0.25) is 0 Å². The van der Waals surface area contributed by atoms with Gasteiger partial charge in [-0.3, -0.25) is 14.4 Å². The van der Waals surface area contributed by atoms with Crippen molar-refractivity contribution in [2.45, 2.75) is 45.3 Å². The van der Waals surface area contributed by atoms with Crippen LogP contribution in [-0.4, -0.2) is 74.2 Å². The topological polar surface area (TPSA) is 97.0 Å². The minimum absolute atomic E-state index is 0.115. The molecule has 2 atom stereocenters. The fraction of sp³-hybridized carbons (Fsp3) is 0.824. The summed E-state index contributed by atoms with van der Waals surface area (Å²) in [6.45, 7) is 6.50. The Kier molecular flexibility index (Phi) is 7.64. The van der Waals surface area contributed by atoms with E-state index < -0.39 is 12.0 Å². The maximum atomic E-state index is 12.5. The van der Waals surface area contributed by atoms with Gasteiger partial charge in [0.1, 0.15) is 6.04 Å². The van der Waals surface area contributed by atoms with Crippen molar-refractivity contribution < 1.29 is 23.9 Å². The Bertz CT molecular complexity index is 477. The van der Waals surface area contributed by atoms with Gasteiger partial charge in [0, 0.05) is 26.2 Å². The molecule has 0 radical (unpaired) electrons. The van der Waals surface area contributed by atoms with Gasteiger partial charge in [0.25, 0.3) is 0 Å². The summed E-state index contributed by atoms with van der Waals surface area (Å²) in [5.41, 5.74) is 0. The summed E-state index contributed by atoms with van der Waals surface area (Å²) >= 11 is 0. The van der Waals surface area contributed by atoms with Crippen LogP contribution in [0.25, 0.3) is 0 Å². The van der Waals surface area contributed by atoms with Crippen LogP contribution in [0, 0.1) is 5.92 Å². The number of piperazine rings is 1. The number of carbonyl (C=O) groups excluding carboxylic acids is 3. The smallest absolute Gasteiger partial charge is 0.308 e. The first-order valence-electron chi connectivity index (χ1n) is 9.02. The van der Waals surface area contributed by atoms with Crippen molar-refractivity contribution >= 4 is 17.8 Å². The SMILES string of the molecule is CC(C)COC(=O)CC1C(=O)NCCN1C(=O)CNCC1CCCO1. The van der Waals surface area contributed by atoms with E-state index in [1.165, 1.54) is 4.90 Å². The summed E-state index contributed by atoms with van der Waals surface area (Å²) in [4.78, 5) is 38.0. The van der Waals surface area contributed by atoms with E-state index in [0.717, 1.165) is 19.4 Å². The number of carbonyl (C=O) groups is 3. The molecule has 0 bridgehead atoms. The Morgan fingerprint density at radius 2 is 2.24 bits per heavy atom. The highest BCUT2D eigenvalue weighted by atomic mass is 16.5. The van der Waals surface area contributed by atoms with Crippen LogP contribution in [0.3, 0.4) is 0 Å². The lowest BCUT2D eigenvalue weighted by Crippen LogP contribution is -2.59. The van der Waals surface area contributed by atoms with Crippen LogP contribution < -0.4 is 10.6 Å². The molecular weight excluding hydrogens is 326 g/mol. The van der Waals surface area contributed by atoms with Gasteiger partial charge in [-0.25, -0.2) is 0 Å². The second-order valence-electron chi connectivity index (χ2n) is 6.94. The minimum atomic E-state index is -0.801. The molecule has 0 aromatic carbocycles. The molecular formula is C17H29N3O5. The first-order valence-corrected chi connectivity index (χ1v) is 9.02. The van der Waals surface area contributed by atoms with Crippen molar-refractivity contribution in [2.24, 2.45) is 5.92 Å². The number of hydrogen-bond acceptors (Lipinski definition) is 6.